The molecular weight excluding hydrogens is 220 g/mol. The molecule has 0 aliphatic carbocycles. The smallest absolute Gasteiger partial charge is 0.327 e. The Morgan fingerprint density at radius 3 is 2.88 bits per heavy atom. The molecule has 0 aromatic heterocycles. The Labute approximate surface area is 103 Å². The highest BCUT2D eigenvalue weighted by Crippen LogP contribution is 2.14. The second-order valence-electron chi connectivity index (χ2n) is 4.97. The monoisotopic (exact) mass is 244 g/mol. The lowest BCUT2D eigenvalue weighted by Crippen LogP contribution is -2.54. The van der Waals surface area contributed by atoms with Crippen molar-refractivity contribution in [3.05, 3.63) is 0 Å². The molecule has 0 amide bonds. The average molecular weight is 244 g/mol. The summed E-state index contributed by atoms with van der Waals surface area (Å²) in [5.41, 5.74) is 5.01. The summed E-state index contributed by atoms with van der Waals surface area (Å²) in [6, 6.07) is 0. The van der Waals surface area contributed by atoms with Gasteiger partial charge in [-0.15, -0.1) is 0 Å². The van der Waals surface area contributed by atoms with Crippen molar-refractivity contribution in [2.45, 2.75) is 38.3 Å². The van der Waals surface area contributed by atoms with Crippen molar-refractivity contribution >= 4 is 5.97 Å². The van der Waals surface area contributed by atoms with Gasteiger partial charge in [0.05, 0.1) is 12.7 Å². The number of nitrogens with two attached hydrogens (primary N) is 1. The second-order valence-corrected chi connectivity index (χ2v) is 4.97. The fraction of sp³-hybridized carbons (Fsp3) is 0.917. The zero-order valence-electron chi connectivity index (χ0n) is 11.1. The Kier molecular flexibility index (Phi) is 5.36. The molecule has 1 fully saturated rings. The number of ether oxygens (including phenoxy) is 2. The number of hydrogen-bond acceptors (Lipinski definition) is 5. The molecule has 1 heterocycles. The first-order chi connectivity index (χ1) is 7.95. The van der Waals surface area contributed by atoms with Crippen molar-refractivity contribution in [2.24, 2.45) is 5.73 Å². The highest BCUT2D eigenvalue weighted by molar-refractivity contribution is 5.80. The first-order valence-corrected chi connectivity index (χ1v) is 6.22. The van der Waals surface area contributed by atoms with Crippen molar-refractivity contribution in [3.63, 3.8) is 0 Å². The molecule has 1 rings (SSSR count). The van der Waals surface area contributed by atoms with Crippen LogP contribution in [0.4, 0.5) is 0 Å². The van der Waals surface area contributed by atoms with Crippen LogP contribution >= 0.6 is 0 Å². The minimum atomic E-state index is -0.955. The van der Waals surface area contributed by atoms with Gasteiger partial charge in [0.2, 0.25) is 0 Å². The van der Waals surface area contributed by atoms with Gasteiger partial charge in [0, 0.05) is 19.7 Å². The molecule has 1 aliphatic rings. The number of esters is 1. The quantitative estimate of drug-likeness (QED) is 0.684. The topological polar surface area (TPSA) is 64.8 Å². The molecule has 100 valence electrons. The van der Waals surface area contributed by atoms with Crippen LogP contribution < -0.4 is 5.73 Å². The van der Waals surface area contributed by atoms with Crippen molar-refractivity contribution in [3.8, 4) is 0 Å². The number of hydrogen-bond donors (Lipinski definition) is 1. The summed E-state index contributed by atoms with van der Waals surface area (Å²) in [6.45, 7) is 5.98. The van der Waals surface area contributed by atoms with Gasteiger partial charge >= 0.3 is 5.97 Å². The van der Waals surface area contributed by atoms with E-state index in [2.05, 4.69) is 0 Å². The molecule has 0 saturated carbocycles. The van der Waals surface area contributed by atoms with Gasteiger partial charge in [-0.1, -0.05) is 0 Å². The highest BCUT2D eigenvalue weighted by atomic mass is 16.5. The lowest BCUT2D eigenvalue weighted by Gasteiger charge is -2.29. The zero-order valence-corrected chi connectivity index (χ0v) is 11.1. The van der Waals surface area contributed by atoms with Crippen LogP contribution in [0.5, 0.6) is 0 Å². The molecule has 0 bridgehead atoms. The Bertz CT molecular complexity index is 250. The van der Waals surface area contributed by atoms with E-state index >= 15 is 0 Å². The number of likely N-dealkylation sites (N-methyl/N-ethyl adjacent to an activating group) is 1. The van der Waals surface area contributed by atoms with Gasteiger partial charge in [0.15, 0.2) is 0 Å². The maximum Gasteiger partial charge on any atom is 0.327 e. The Morgan fingerprint density at radius 1 is 1.65 bits per heavy atom. The summed E-state index contributed by atoms with van der Waals surface area (Å²) >= 11 is 0. The SMILES string of the molecule is CCOC(=O)C(C)(N)CN(C)CC1CCCO1. The minimum Gasteiger partial charge on any atom is -0.465 e. The zero-order chi connectivity index (χ0) is 12.9. The van der Waals surface area contributed by atoms with Crippen LogP contribution in [-0.2, 0) is 14.3 Å². The van der Waals surface area contributed by atoms with Gasteiger partial charge in [0.25, 0.3) is 0 Å². The van der Waals surface area contributed by atoms with Gasteiger partial charge in [-0.05, 0) is 33.7 Å². The largest absolute Gasteiger partial charge is 0.465 e. The standard InChI is InChI=1S/C12H24N2O3/c1-4-16-11(15)12(2,13)9-14(3)8-10-6-5-7-17-10/h10H,4-9,13H2,1-3H3. The van der Waals surface area contributed by atoms with Gasteiger partial charge < -0.3 is 20.1 Å². The van der Waals surface area contributed by atoms with E-state index in [0.717, 1.165) is 26.0 Å². The predicted octanol–water partition coefficient (Wildman–Crippen LogP) is 0.378. The third-order valence-corrected chi connectivity index (χ3v) is 2.88. The van der Waals surface area contributed by atoms with E-state index in [4.69, 9.17) is 15.2 Å². The van der Waals surface area contributed by atoms with Crippen molar-refractivity contribution in [1.29, 1.82) is 0 Å². The van der Waals surface area contributed by atoms with E-state index in [1.807, 2.05) is 11.9 Å². The summed E-state index contributed by atoms with van der Waals surface area (Å²) in [7, 11) is 1.95. The van der Waals surface area contributed by atoms with E-state index in [-0.39, 0.29) is 12.1 Å². The van der Waals surface area contributed by atoms with Crippen LogP contribution in [0.2, 0.25) is 0 Å². The van der Waals surface area contributed by atoms with Crippen molar-refractivity contribution in [1.82, 2.24) is 4.90 Å². The maximum atomic E-state index is 11.6. The summed E-state index contributed by atoms with van der Waals surface area (Å²) in [5.74, 6) is -0.348. The van der Waals surface area contributed by atoms with E-state index in [1.54, 1.807) is 13.8 Å². The number of nitrogens with zero attached hydrogens (tertiary/aromatic N) is 1. The van der Waals surface area contributed by atoms with E-state index in [1.165, 1.54) is 0 Å². The third kappa shape index (κ3) is 4.61. The fourth-order valence-corrected chi connectivity index (χ4v) is 2.12. The number of carbonyl (C=O) groups excluding carboxylic acids is 1. The van der Waals surface area contributed by atoms with Crippen LogP contribution in [0.1, 0.15) is 26.7 Å². The summed E-state index contributed by atoms with van der Waals surface area (Å²) in [5, 5.41) is 0. The Balaban J connectivity index is 2.37. The van der Waals surface area contributed by atoms with E-state index in [9.17, 15) is 4.79 Å². The van der Waals surface area contributed by atoms with Gasteiger partial charge in [-0.25, -0.2) is 0 Å². The molecule has 1 aliphatic heterocycles. The number of carbonyl (C=O) groups is 1. The van der Waals surface area contributed by atoms with Crippen molar-refractivity contribution in [2.75, 3.05) is 33.4 Å². The molecule has 0 radical (unpaired) electrons. The first-order valence-electron chi connectivity index (χ1n) is 6.22. The molecule has 5 nitrogen and oxygen atoms in total. The van der Waals surface area contributed by atoms with Crippen LogP contribution in [-0.4, -0.2) is 55.9 Å². The maximum absolute atomic E-state index is 11.6. The molecule has 1 saturated heterocycles. The molecule has 5 heteroatoms. The molecule has 0 spiro atoms. The van der Waals surface area contributed by atoms with Gasteiger partial charge in [0.1, 0.15) is 5.54 Å². The summed E-state index contributed by atoms with van der Waals surface area (Å²) in [6.07, 6.45) is 2.49. The van der Waals surface area contributed by atoms with E-state index in [0.29, 0.717) is 13.2 Å². The lowest BCUT2D eigenvalue weighted by atomic mass is 10.0. The van der Waals surface area contributed by atoms with Crippen molar-refractivity contribution < 1.29 is 14.3 Å². The van der Waals surface area contributed by atoms with Crippen LogP contribution in [0.25, 0.3) is 0 Å². The summed E-state index contributed by atoms with van der Waals surface area (Å²) in [4.78, 5) is 13.7. The average Bonchev–Trinajstić information content (AvgIpc) is 2.69. The highest BCUT2D eigenvalue weighted by Gasteiger charge is 2.32. The Morgan fingerprint density at radius 2 is 2.35 bits per heavy atom. The first kappa shape index (κ1) is 14.4. The molecule has 0 aromatic rings. The van der Waals surface area contributed by atoms with Crippen LogP contribution in [0, 0.1) is 0 Å². The fourth-order valence-electron chi connectivity index (χ4n) is 2.12. The Hall–Kier alpha value is -0.650. The summed E-state index contributed by atoms with van der Waals surface area (Å²) < 4.78 is 10.5. The molecule has 2 N–H and O–H groups in total. The van der Waals surface area contributed by atoms with E-state index < -0.39 is 5.54 Å². The van der Waals surface area contributed by atoms with Gasteiger partial charge in [-0.2, -0.15) is 0 Å². The second kappa shape index (κ2) is 6.33. The lowest BCUT2D eigenvalue weighted by molar-refractivity contribution is -0.149. The molecule has 2 atom stereocenters. The third-order valence-electron chi connectivity index (χ3n) is 2.88. The molecular formula is C12H24N2O3. The van der Waals surface area contributed by atoms with Crippen LogP contribution in [0.3, 0.4) is 0 Å². The predicted molar refractivity (Wildman–Crippen MR) is 65.7 cm³/mol. The number of rotatable bonds is 6. The molecule has 2 unspecified atom stereocenters. The van der Waals surface area contributed by atoms with Gasteiger partial charge in [-0.3, -0.25) is 4.79 Å². The minimum absolute atomic E-state index is 0.276. The molecule has 17 heavy (non-hydrogen) atoms. The van der Waals surface area contributed by atoms with Crippen LogP contribution in [0.15, 0.2) is 0 Å². The molecule has 0 aromatic carbocycles. The normalized spacial score (nSPS) is 23.7.